The monoisotopic (exact) mass is 215 g/mol. The quantitative estimate of drug-likeness (QED) is 0.851. The molecule has 2 aromatic rings. The molecule has 3 nitrogen and oxygen atoms in total. The molecular weight excluding hydrogens is 198 g/mol. The molecule has 1 aromatic carbocycles. The molecule has 0 aliphatic carbocycles. The summed E-state index contributed by atoms with van der Waals surface area (Å²) in [5, 5.41) is 4.41. The van der Waals surface area contributed by atoms with Crippen molar-refractivity contribution in [1.29, 1.82) is 0 Å². The van der Waals surface area contributed by atoms with Crippen molar-refractivity contribution in [2.75, 3.05) is 0 Å². The first-order chi connectivity index (χ1) is 7.72. The highest BCUT2D eigenvalue weighted by atomic mass is 15.3. The van der Waals surface area contributed by atoms with Crippen molar-refractivity contribution in [3.8, 4) is 0 Å². The third-order valence-corrected chi connectivity index (χ3v) is 2.77. The lowest BCUT2D eigenvalue weighted by molar-refractivity contribution is 0.746. The third kappa shape index (κ3) is 1.99. The Morgan fingerprint density at radius 2 is 2.00 bits per heavy atom. The van der Waals surface area contributed by atoms with Crippen molar-refractivity contribution in [3.05, 3.63) is 53.3 Å². The van der Waals surface area contributed by atoms with Gasteiger partial charge in [0.15, 0.2) is 0 Å². The molecule has 0 fully saturated rings. The lowest BCUT2D eigenvalue weighted by Crippen LogP contribution is -2.12. The first-order valence-electron chi connectivity index (χ1n) is 5.55. The molecule has 0 radical (unpaired) electrons. The molecule has 0 amide bonds. The minimum Gasteiger partial charge on any atom is -0.320 e. The molecule has 0 aliphatic heterocycles. The summed E-state index contributed by atoms with van der Waals surface area (Å²) in [6, 6.07) is 10.0. The minimum atomic E-state index is -0.0788. The Bertz CT molecular complexity index is 459. The summed E-state index contributed by atoms with van der Waals surface area (Å²) in [7, 11) is 1.93. The summed E-state index contributed by atoms with van der Waals surface area (Å²) in [5.41, 5.74) is 9.59. The number of hydrogen-bond donors (Lipinski definition) is 1. The smallest absolute Gasteiger partial charge is 0.0672 e. The third-order valence-electron chi connectivity index (χ3n) is 2.77. The Morgan fingerprint density at radius 3 is 2.62 bits per heavy atom. The van der Waals surface area contributed by atoms with Crippen LogP contribution in [-0.4, -0.2) is 9.78 Å². The highest BCUT2D eigenvalue weighted by molar-refractivity contribution is 5.32. The van der Waals surface area contributed by atoms with Crippen molar-refractivity contribution in [2.24, 2.45) is 12.8 Å². The number of benzene rings is 1. The predicted molar refractivity (Wildman–Crippen MR) is 65.1 cm³/mol. The van der Waals surface area contributed by atoms with E-state index in [4.69, 9.17) is 5.73 Å². The van der Waals surface area contributed by atoms with Gasteiger partial charge in [-0.15, -0.1) is 0 Å². The molecule has 1 heterocycles. The lowest BCUT2D eigenvalue weighted by Gasteiger charge is -2.11. The van der Waals surface area contributed by atoms with Gasteiger partial charge in [0, 0.05) is 18.8 Å². The van der Waals surface area contributed by atoms with Gasteiger partial charge >= 0.3 is 0 Å². The average Bonchev–Trinajstić information content (AvgIpc) is 2.70. The van der Waals surface area contributed by atoms with Crippen LogP contribution in [0.15, 0.2) is 36.5 Å². The normalized spacial score (nSPS) is 12.7. The van der Waals surface area contributed by atoms with Crippen molar-refractivity contribution >= 4 is 0 Å². The molecule has 1 atom stereocenters. The minimum absolute atomic E-state index is 0.0788. The summed E-state index contributed by atoms with van der Waals surface area (Å²) >= 11 is 0. The van der Waals surface area contributed by atoms with Gasteiger partial charge in [0.25, 0.3) is 0 Å². The van der Waals surface area contributed by atoms with E-state index in [1.165, 1.54) is 0 Å². The van der Waals surface area contributed by atoms with Gasteiger partial charge in [-0.1, -0.05) is 37.3 Å². The first-order valence-corrected chi connectivity index (χ1v) is 5.55. The maximum absolute atomic E-state index is 6.25. The van der Waals surface area contributed by atoms with Crippen LogP contribution < -0.4 is 5.73 Å². The van der Waals surface area contributed by atoms with E-state index < -0.39 is 0 Å². The fourth-order valence-corrected chi connectivity index (χ4v) is 1.93. The van der Waals surface area contributed by atoms with Crippen molar-refractivity contribution in [3.63, 3.8) is 0 Å². The van der Waals surface area contributed by atoms with E-state index in [9.17, 15) is 0 Å². The van der Waals surface area contributed by atoms with Crippen LogP contribution in [0.1, 0.15) is 29.8 Å². The second-order valence-corrected chi connectivity index (χ2v) is 3.95. The van der Waals surface area contributed by atoms with E-state index in [0.29, 0.717) is 0 Å². The second-order valence-electron chi connectivity index (χ2n) is 3.95. The summed E-state index contributed by atoms with van der Waals surface area (Å²) in [5.74, 6) is 0. The Labute approximate surface area is 95.9 Å². The average molecular weight is 215 g/mol. The Balaban J connectivity index is 2.37. The fourth-order valence-electron chi connectivity index (χ4n) is 1.93. The maximum Gasteiger partial charge on any atom is 0.0672 e. The van der Waals surface area contributed by atoms with Crippen molar-refractivity contribution in [1.82, 2.24) is 9.78 Å². The van der Waals surface area contributed by atoms with Gasteiger partial charge in [-0.2, -0.15) is 5.10 Å². The number of hydrogen-bond acceptors (Lipinski definition) is 2. The van der Waals surface area contributed by atoms with Crippen LogP contribution >= 0.6 is 0 Å². The Hall–Kier alpha value is -1.61. The van der Waals surface area contributed by atoms with E-state index in [1.54, 1.807) is 0 Å². The first kappa shape index (κ1) is 10.9. The van der Waals surface area contributed by atoms with Crippen LogP contribution in [0.3, 0.4) is 0 Å². The van der Waals surface area contributed by atoms with Crippen LogP contribution in [0.5, 0.6) is 0 Å². The van der Waals surface area contributed by atoms with Crippen molar-refractivity contribution in [2.45, 2.75) is 19.4 Å². The topological polar surface area (TPSA) is 43.8 Å². The molecule has 0 saturated carbocycles. The number of rotatable bonds is 3. The molecule has 0 spiro atoms. The van der Waals surface area contributed by atoms with E-state index in [1.807, 2.05) is 36.1 Å². The number of nitrogens with two attached hydrogens (primary N) is 1. The summed E-state index contributed by atoms with van der Waals surface area (Å²) in [6.45, 7) is 2.10. The maximum atomic E-state index is 6.25. The standard InChI is InChI=1S/C13H17N3/c1-3-12-11(9-16(2)15-12)13(14)10-7-5-4-6-8-10/h4-9,13H,3,14H2,1-2H3. The molecule has 0 aliphatic rings. The number of nitrogens with zero attached hydrogens (tertiary/aromatic N) is 2. The molecule has 2 rings (SSSR count). The predicted octanol–water partition coefficient (Wildman–Crippen LogP) is 2.03. The highest BCUT2D eigenvalue weighted by Crippen LogP contribution is 2.22. The molecular formula is C13H17N3. The van der Waals surface area contributed by atoms with Crippen LogP contribution in [0, 0.1) is 0 Å². The molecule has 0 saturated heterocycles. The lowest BCUT2D eigenvalue weighted by atomic mass is 9.99. The van der Waals surface area contributed by atoms with Crippen LogP contribution in [0.2, 0.25) is 0 Å². The van der Waals surface area contributed by atoms with Crippen LogP contribution in [0.4, 0.5) is 0 Å². The van der Waals surface area contributed by atoms with Gasteiger partial charge in [-0.05, 0) is 12.0 Å². The molecule has 2 N–H and O–H groups in total. The van der Waals surface area contributed by atoms with Gasteiger partial charge in [0.2, 0.25) is 0 Å². The number of aryl methyl sites for hydroxylation is 2. The zero-order valence-corrected chi connectivity index (χ0v) is 9.72. The summed E-state index contributed by atoms with van der Waals surface area (Å²) in [6.07, 6.45) is 2.92. The van der Waals surface area contributed by atoms with Gasteiger partial charge in [-0.3, -0.25) is 4.68 Å². The molecule has 16 heavy (non-hydrogen) atoms. The van der Waals surface area contributed by atoms with E-state index >= 15 is 0 Å². The van der Waals surface area contributed by atoms with E-state index in [0.717, 1.165) is 23.2 Å². The molecule has 3 heteroatoms. The molecule has 84 valence electrons. The molecule has 0 bridgehead atoms. The van der Waals surface area contributed by atoms with Crippen molar-refractivity contribution < 1.29 is 0 Å². The number of aromatic nitrogens is 2. The summed E-state index contributed by atoms with van der Waals surface area (Å²) < 4.78 is 1.83. The van der Waals surface area contributed by atoms with Crippen LogP contribution in [0.25, 0.3) is 0 Å². The molecule has 1 aromatic heterocycles. The highest BCUT2D eigenvalue weighted by Gasteiger charge is 2.15. The van der Waals surface area contributed by atoms with E-state index in [-0.39, 0.29) is 6.04 Å². The largest absolute Gasteiger partial charge is 0.320 e. The molecule has 1 unspecified atom stereocenters. The van der Waals surface area contributed by atoms with Gasteiger partial charge in [-0.25, -0.2) is 0 Å². The SMILES string of the molecule is CCc1nn(C)cc1C(N)c1ccccc1. The van der Waals surface area contributed by atoms with Crippen LogP contribution in [-0.2, 0) is 13.5 Å². The van der Waals surface area contributed by atoms with E-state index in [2.05, 4.69) is 24.2 Å². The second kappa shape index (κ2) is 4.49. The Morgan fingerprint density at radius 1 is 1.31 bits per heavy atom. The zero-order chi connectivity index (χ0) is 11.5. The van der Waals surface area contributed by atoms with Gasteiger partial charge in [0.1, 0.15) is 0 Å². The fraction of sp³-hybridized carbons (Fsp3) is 0.308. The van der Waals surface area contributed by atoms with Gasteiger partial charge in [0.05, 0.1) is 11.7 Å². The Kier molecular flexibility index (Phi) is 3.06. The van der Waals surface area contributed by atoms with Gasteiger partial charge < -0.3 is 5.73 Å². The summed E-state index contributed by atoms with van der Waals surface area (Å²) in [4.78, 5) is 0. The zero-order valence-electron chi connectivity index (χ0n) is 9.72.